The molecule has 53 heavy (non-hydrogen) atoms. The lowest BCUT2D eigenvalue weighted by Gasteiger charge is -2.32. The summed E-state index contributed by atoms with van der Waals surface area (Å²) < 4.78 is 88.5. The van der Waals surface area contributed by atoms with Crippen LogP contribution in [0.5, 0.6) is 0 Å². The summed E-state index contributed by atoms with van der Waals surface area (Å²) in [6.07, 6.45) is -3.17. The van der Waals surface area contributed by atoms with Gasteiger partial charge in [-0.3, -0.25) is 14.5 Å². The Hall–Kier alpha value is -5.07. The van der Waals surface area contributed by atoms with Gasteiger partial charge in [-0.05, 0) is 80.8 Å². The van der Waals surface area contributed by atoms with Gasteiger partial charge in [0, 0.05) is 35.7 Å². The van der Waals surface area contributed by atoms with Crippen LogP contribution < -0.4 is 16.8 Å². The van der Waals surface area contributed by atoms with Crippen LogP contribution in [0.1, 0.15) is 49.7 Å². The number of hydrogen-bond donors (Lipinski definition) is 4. The van der Waals surface area contributed by atoms with E-state index in [1.165, 1.54) is 18.5 Å². The number of aryl methyl sites for hydroxylation is 1. The third-order valence-corrected chi connectivity index (χ3v) is 9.63. The molecule has 0 aliphatic heterocycles. The Labute approximate surface area is 305 Å². The van der Waals surface area contributed by atoms with Crippen LogP contribution in [0, 0.1) is 35.3 Å². The van der Waals surface area contributed by atoms with Gasteiger partial charge in [0.05, 0.1) is 33.4 Å². The second-order valence-electron chi connectivity index (χ2n) is 13.6. The Kier molecular flexibility index (Phi) is 9.99. The van der Waals surface area contributed by atoms with Gasteiger partial charge in [0.25, 0.3) is 12.3 Å². The minimum Gasteiger partial charge on any atom is -0.397 e. The zero-order valence-corrected chi connectivity index (χ0v) is 29.4. The van der Waals surface area contributed by atoms with E-state index in [9.17, 15) is 27.5 Å². The highest BCUT2D eigenvalue weighted by atomic mass is 35.5. The number of halogens is 7. The average molecular weight is 758 g/mol. The van der Waals surface area contributed by atoms with Crippen molar-refractivity contribution < 1.29 is 36.2 Å². The van der Waals surface area contributed by atoms with Crippen molar-refractivity contribution in [2.45, 2.75) is 57.1 Å². The van der Waals surface area contributed by atoms with Gasteiger partial charge in [-0.15, -0.1) is 0 Å². The van der Waals surface area contributed by atoms with Crippen LogP contribution >= 0.6 is 11.6 Å². The predicted molar refractivity (Wildman–Crippen MR) is 188 cm³/mol. The summed E-state index contributed by atoms with van der Waals surface area (Å²) in [4.78, 5) is 22.2. The first-order chi connectivity index (χ1) is 24.9. The van der Waals surface area contributed by atoms with E-state index in [4.69, 9.17) is 28.1 Å². The average Bonchev–Trinajstić information content (AvgIpc) is 3.42. The fraction of sp³-hybridized carbons (Fsp3) is 0.351. The molecule has 2 heterocycles. The topological polar surface area (TPSA) is 144 Å². The van der Waals surface area contributed by atoms with Gasteiger partial charge in [0.2, 0.25) is 5.91 Å². The molecule has 0 saturated heterocycles. The van der Waals surface area contributed by atoms with E-state index in [2.05, 4.69) is 27.2 Å². The van der Waals surface area contributed by atoms with E-state index >= 15 is 8.78 Å². The number of alkyl halides is 4. The van der Waals surface area contributed by atoms with Crippen molar-refractivity contribution in [1.29, 1.82) is 0 Å². The van der Waals surface area contributed by atoms with Crippen molar-refractivity contribution in [3.63, 3.8) is 0 Å². The number of aliphatic hydroxyl groups is 1. The lowest BCUT2D eigenvalue weighted by molar-refractivity contribution is -0.120. The van der Waals surface area contributed by atoms with Gasteiger partial charge in [-0.1, -0.05) is 23.6 Å². The predicted octanol–water partition coefficient (Wildman–Crippen LogP) is 6.27. The molecule has 2 aliphatic rings. The number of nitrogens with zero attached hydrogens (tertiary/aromatic N) is 4. The molecule has 3 atom stereocenters. The summed E-state index contributed by atoms with van der Waals surface area (Å²) in [6.45, 7) is 2.00. The summed E-state index contributed by atoms with van der Waals surface area (Å²) >= 11 is 6.49. The standard InChI is InChI=1S/C37H34ClF6N7O2/c1-36(2,53)11-10-20-4-5-21(22-7-9-25(38)29-32(22)51(3)50-35(29)46)31(48-20)26(14-17-12-18(39)15-19(40)13-17)49-27(52)16-47-33-28(30(45)34(41)42)23-6-8-24(23)37(33,43)44/h4-5,7,9,12-13,15,23-24,26,34,53H,6,8,14,16,45H2,1-3H3,(H2,46,50)(H,49,52)/t23-,24+,26-/m0/s1. The molecule has 2 aliphatic carbocycles. The molecule has 6 N–H and O–H groups in total. The largest absolute Gasteiger partial charge is 0.397 e. The third kappa shape index (κ3) is 7.43. The molecular weight excluding hydrogens is 724 g/mol. The highest BCUT2D eigenvalue weighted by molar-refractivity contribution is 6.37. The Morgan fingerprint density at radius 3 is 2.45 bits per heavy atom. The molecular formula is C37H34ClF6N7O2. The molecule has 0 unspecified atom stereocenters. The van der Waals surface area contributed by atoms with E-state index in [1.54, 1.807) is 31.3 Å². The van der Waals surface area contributed by atoms with Gasteiger partial charge in [-0.25, -0.2) is 22.5 Å². The number of pyridine rings is 1. The van der Waals surface area contributed by atoms with Crippen molar-refractivity contribution in [1.82, 2.24) is 20.1 Å². The number of hydrogen-bond acceptors (Lipinski definition) is 7. The lowest BCUT2D eigenvalue weighted by atomic mass is 9.73. The van der Waals surface area contributed by atoms with Crippen LogP contribution in [0.4, 0.5) is 32.2 Å². The van der Waals surface area contributed by atoms with Crippen molar-refractivity contribution in [2.75, 3.05) is 12.3 Å². The molecule has 2 fully saturated rings. The van der Waals surface area contributed by atoms with Crippen molar-refractivity contribution in [2.24, 2.45) is 29.6 Å². The maximum Gasteiger partial charge on any atom is 0.292 e. The van der Waals surface area contributed by atoms with E-state index in [0.29, 0.717) is 33.1 Å². The van der Waals surface area contributed by atoms with Crippen LogP contribution in [0.3, 0.4) is 0 Å². The number of amides is 1. The fourth-order valence-electron chi connectivity index (χ4n) is 6.92. The first-order valence-corrected chi connectivity index (χ1v) is 16.9. The number of nitrogen functional groups attached to an aromatic ring is 1. The van der Waals surface area contributed by atoms with Crippen molar-refractivity contribution in [3.8, 4) is 23.0 Å². The molecule has 2 saturated carbocycles. The minimum absolute atomic E-state index is 0.0800. The number of anilines is 1. The first-order valence-electron chi connectivity index (χ1n) is 16.5. The first kappa shape index (κ1) is 37.7. The zero-order chi connectivity index (χ0) is 38.6. The van der Waals surface area contributed by atoms with Gasteiger partial charge in [-0.2, -0.15) is 13.9 Å². The molecule has 0 spiro atoms. The van der Waals surface area contributed by atoms with E-state index in [-0.39, 0.29) is 42.0 Å². The molecule has 278 valence electrons. The maximum atomic E-state index is 15.4. The minimum atomic E-state index is -3.59. The molecule has 0 radical (unpaired) electrons. The number of aromatic nitrogens is 3. The van der Waals surface area contributed by atoms with Gasteiger partial charge >= 0.3 is 0 Å². The lowest BCUT2D eigenvalue weighted by Crippen LogP contribution is -2.37. The summed E-state index contributed by atoms with van der Waals surface area (Å²) in [5.74, 6) is -2.91. The van der Waals surface area contributed by atoms with Crippen LogP contribution in [0.2, 0.25) is 5.02 Å². The molecule has 6 rings (SSSR count). The zero-order valence-electron chi connectivity index (χ0n) is 28.6. The molecule has 0 bridgehead atoms. The monoisotopic (exact) mass is 757 g/mol. The number of carbonyl (C=O) groups excluding carboxylic acids is 1. The highest BCUT2D eigenvalue weighted by Crippen LogP contribution is 2.57. The molecule has 16 heteroatoms. The summed E-state index contributed by atoms with van der Waals surface area (Å²) in [5, 5.41) is 18.0. The Morgan fingerprint density at radius 2 is 1.83 bits per heavy atom. The quantitative estimate of drug-likeness (QED) is 0.123. The maximum absolute atomic E-state index is 15.4. The molecule has 1 amide bonds. The molecule has 4 aromatic rings. The van der Waals surface area contributed by atoms with Crippen LogP contribution in [0.15, 0.2) is 58.7 Å². The van der Waals surface area contributed by atoms with Crippen molar-refractivity contribution >= 4 is 39.9 Å². The molecule has 2 aromatic carbocycles. The number of nitrogens with one attached hydrogen (secondary N) is 1. The number of rotatable bonds is 8. The summed E-state index contributed by atoms with van der Waals surface area (Å²) in [5.41, 5.74) is 9.65. The van der Waals surface area contributed by atoms with E-state index < -0.39 is 76.9 Å². The van der Waals surface area contributed by atoms with Crippen LogP contribution in [0.25, 0.3) is 22.0 Å². The smallest absolute Gasteiger partial charge is 0.292 e. The third-order valence-electron chi connectivity index (χ3n) is 9.31. The van der Waals surface area contributed by atoms with Gasteiger partial charge < -0.3 is 21.9 Å². The SMILES string of the molecule is Cn1nc(N)c2c(Cl)ccc(-c3ccc(C#CC(C)(C)O)nc3[C@H](Cc3cc(F)cc(F)c3)NC(=O)CN=C3C(=C(N)C(F)F)[C@H]4CC[C@H]4C3(F)F)c21. The number of nitrogens with two attached hydrogens (primary N) is 2. The summed E-state index contributed by atoms with van der Waals surface area (Å²) in [6, 6.07) is 8.00. The summed E-state index contributed by atoms with van der Waals surface area (Å²) in [7, 11) is 1.64. The van der Waals surface area contributed by atoms with E-state index in [0.717, 1.165) is 12.1 Å². The van der Waals surface area contributed by atoms with Gasteiger partial charge in [0.15, 0.2) is 5.82 Å². The molecule has 2 aromatic heterocycles. The number of benzene rings is 2. The Balaban J connectivity index is 1.48. The second-order valence-corrected chi connectivity index (χ2v) is 14.0. The van der Waals surface area contributed by atoms with Crippen LogP contribution in [-0.4, -0.2) is 56.0 Å². The fourth-order valence-corrected chi connectivity index (χ4v) is 7.17. The number of aliphatic imine (C=N–C) groups is 1. The van der Waals surface area contributed by atoms with E-state index in [1.807, 2.05) is 0 Å². The second kappa shape index (κ2) is 14.1. The number of fused-ring (bicyclic) bond motifs is 2. The Bertz CT molecular complexity index is 2230. The molecule has 9 nitrogen and oxygen atoms in total. The van der Waals surface area contributed by atoms with Crippen LogP contribution in [-0.2, 0) is 18.3 Å². The number of carbonyl (C=O) groups is 1. The Morgan fingerprint density at radius 1 is 1.15 bits per heavy atom. The van der Waals surface area contributed by atoms with Gasteiger partial charge in [0.1, 0.15) is 35.2 Å². The number of allylic oxidation sites excluding steroid dienone is 2. The highest BCUT2D eigenvalue weighted by Gasteiger charge is 2.62. The normalized spacial score (nSPS) is 20.2. The van der Waals surface area contributed by atoms with Crippen molar-refractivity contribution in [3.05, 3.63) is 87.3 Å².